The molecule has 16 heavy (non-hydrogen) atoms. The van der Waals surface area contributed by atoms with E-state index in [9.17, 15) is 4.79 Å². The van der Waals surface area contributed by atoms with Gasteiger partial charge in [0.1, 0.15) is 0 Å². The number of pyridine rings is 1. The van der Waals surface area contributed by atoms with Gasteiger partial charge in [-0.15, -0.1) is 0 Å². The Bertz CT molecular complexity index is 349. The van der Waals surface area contributed by atoms with E-state index in [2.05, 4.69) is 10.3 Å². The van der Waals surface area contributed by atoms with E-state index < -0.39 is 11.4 Å². The van der Waals surface area contributed by atoms with Crippen LogP contribution in [0.5, 0.6) is 0 Å². The van der Waals surface area contributed by atoms with E-state index in [1.54, 1.807) is 26.2 Å². The lowest BCUT2D eigenvalue weighted by atomic mass is 9.93. The quantitative estimate of drug-likeness (QED) is 0.798. The number of nitrogens with one attached hydrogen (secondary N) is 1. The van der Waals surface area contributed by atoms with Gasteiger partial charge in [-0.1, -0.05) is 0 Å². The topological polar surface area (TPSA) is 62.2 Å². The molecule has 0 saturated heterocycles. The van der Waals surface area contributed by atoms with Crippen LogP contribution in [0.1, 0.15) is 32.4 Å². The largest absolute Gasteiger partial charge is 0.481 e. The van der Waals surface area contributed by atoms with Gasteiger partial charge in [0.2, 0.25) is 0 Å². The van der Waals surface area contributed by atoms with Crippen molar-refractivity contribution in [3.05, 3.63) is 30.1 Å². The van der Waals surface area contributed by atoms with Crippen molar-refractivity contribution < 1.29 is 9.90 Å². The minimum Gasteiger partial charge on any atom is -0.481 e. The number of rotatable bonds is 5. The minimum atomic E-state index is -0.790. The zero-order valence-electron chi connectivity index (χ0n) is 9.90. The van der Waals surface area contributed by atoms with E-state index in [-0.39, 0.29) is 6.04 Å². The van der Waals surface area contributed by atoms with E-state index in [1.165, 1.54) is 0 Å². The molecule has 0 aliphatic rings. The van der Waals surface area contributed by atoms with Crippen LogP contribution in [0.4, 0.5) is 0 Å². The summed E-state index contributed by atoms with van der Waals surface area (Å²) in [6.07, 6.45) is 3.46. The normalized spacial score (nSPS) is 13.4. The summed E-state index contributed by atoms with van der Waals surface area (Å²) >= 11 is 0. The third-order valence-electron chi connectivity index (χ3n) is 2.64. The molecule has 1 rings (SSSR count). The summed E-state index contributed by atoms with van der Waals surface area (Å²) in [5, 5.41) is 12.2. The molecule has 1 atom stereocenters. The number of hydrogen-bond donors (Lipinski definition) is 2. The fourth-order valence-corrected chi connectivity index (χ4v) is 1.25. The van der Waals surface area contributed by atoms with Crippen LogP contribution in [0.15, 0.2) is 24.5 Å². The van der Waals surface area contributed by atoms with Crippen molar-refractivity contribution in [3.63, 3.8) is 0 Å². The summed E-state index contributed by atoms with van der Waals surface area (Å²) < 4.78 is 0. The van der Waals surface area contributed by atoms with Gasteiger partial charge in [0.05, 0.1) is 5.41 Å². The minimum absolute atomic E-state index is 0.127. The van der Waals surface area contributed by atoms with Crippen molar-refractivity contribution in [1.82, 2.24) is 10.3 Å². The maximum atomic E-state index is 10.9. The fraction of sp³-hybridized carbons (Fsp3) is 0.500. The molecule has 1 heterocycles. The predicted octanol–water partition coefficient (Wildman–Crippen LogP) is 1.84. The Hall–Kier alpha value is -1.42. The van der Waals surface area contributed by atoms with Crippen molar-refractivity contribution in [2.45, 2.75) is 26.8 Å². The first-order valence-electron chi connectivity index (χ1n) is 5.30. The molecule has 0 aliphatic heterocycles. The molecule has 2 N–H and O–H groups in total. The van der Waals surface area contributed by atoms with Gasteiger partial charge in [0, 0.05) is 25.0 Å². The molecular weight excluding hydrogens is 204 g/mol. The first-order chi connectivity index (χ1) is 7.43. The van der Waals surface area contributed by atoms with Gasteiger partial charge < -0.3 is 10.4 Å². The standard InChI is InChI=1S/C12H18N2O2/c1-9(10-4-6-13-7-5-10)14-8-12(2,3)11(15)16/h4-7,9,14H,8H2,1-3H3,(H,15,16)/t9-/m0/s1. The molecule has 1 aromatic heterocycles. The van der Waals surface area contributed by atoms with Gasteiger partial charge >= 0.3 is 5.97 Å². The van der Waals surface area contributed by atoms with Crippen LogP contribution in [-0.2, 0) is 4.79 Å². The Morgan fingerprint density at radius 1 is 1.50 bits per heavy atom. The second-order valence-corrected chi connectivity index (χ2v) is 4.57. The first kappa shape index (κ1) is 12.6. The molecule has 0 bridgehead atoms. The monoisotopic (exact) mass is 222 g/mol. The summed E-state index contributed by atoms with van der Waals surface area (Å²) in [6, 6.07) is 3.97. The van der Waals surface area contributed by atoms with Crippen LogP contribution in [0.2, 0.25) is 0 Å². The summed E-state index contributed by atoms with van der Waals surface area (Å²) in [4.78, 5) is 14.9. The van der Waals surface area contributed by atoms with Gasteiger partial charge in [-0.2, -0.15) is 0 Å². The number of carboxylic acids is 1. The van der Waals surface area contributed by atoms with Gasteiger partial charge in [-0.25, -0.2) is 0 Å². The molecule has 0 spiro atoms. The van der Waals surface area contributed by atoms with Crippen LogP contribution < -0.4 is 5.32 Å². The zero-order chi connectivity index (χ0) is 12.2. The Labute approximate surface area is 95.7 Å². The molecule has 0 fully saturated rings. The molecule has 1 aromatic rings. The van der Waals surface area contributed by atoms with E-state index in [0.717, 1.165) is 5.56 Å². The molecule has 4 nitrogen and oxygen atoms in total. The van der Waals surface area contributed by atoms with Crippen LogP contribution in [0.25, 0.3) is 0 Å². The van der Waals surface area contributed by atoms with E-state index in [0.29, 0.717) is 6.54 Å². The Morgan fingerprint density at radius 2 is 2.06 bits per heavy atom. The summed E-state index contributed by atoms with van der Waals surface area (Å²) in [5.74, 6) is -0.790. The lowest BCUT2D eigenvalue weighted by Gasteiger charge is -2.23. The summed E-state index contributed by atoms with van der Waals surface area (Å²) in [5.41, 5.74) is 0.359. The Kier molecular flexibility index (Phi) is 4.01. The highest BCUT2D eigenvalue weighted by Gasteiger charge is 2.27. The second kappa shape index (κ2) is 5.07. The lowest BCUT2D eigenvalue weighted by molar-refractivity contribution is -0.146. The molecule has 88 valence electrons. The number of carboxylic acid groups (broad SMARTS) is 1. The van der Waals surface area contributed by atoms with Gasteiger partial charge in [-0.05, 0) is 38.5 Å². The third-order valence-corrected chi connectivity index (χ3v) is 2.64. The summed E-state index contributed by atoms with van der Waals surface area (Å²) in [6.45, 7) is 5.86. The highest BCUT2D eigenvalue weighted by Crippen LogP contribution is 2.17. The number of aliphatic carboxylic acids is 1. The molecule has 0 radical (unpaired) electrons. The number of nitrogens with zero attached hydrogens (tertiary/aromatic N) is 1. The van der Waals surface area contributed by atoms with E-state index in [4.69, 9.17) is 5.11 Å². The lowest BCUT2D eigenvalue weighted by Crippen LogP contribution is -2.37. The average molecular weight is 222 g/mol. The van der Waals surface area contributed by atoms with E-state index in [1.807, 2.05) is 19.1 Å². The Morgan fingerprint density at radius 3 is 2.56 bits per heavy atom. The molecule has 0 unspecified atom stereocenters. The van der Waals surface area contributed by atoms with Crippen LogP contribution in [0, 0.1) is 5.41 Å². The number of aromatic nitrogens is 1. The zero-order valence-corrected chi connectivity index (χ0v) is 9.90. The summed E-state index contributed by atoms with van der Waals surface area (Å²) in [7, 11) is 0. The highest BCUT2D eigenvalue weighted by molar-refractivity contribution is 5.73. The smallest absolute Gasteiger partial charge is 0.310 e. The fourth-order valence-electron chi connectivity index (χ4n) is 1.25. The molecule has 0 saturated carbocycles. The average Bonchev–Trinajstić information content (AvgIpc) is 2.27. The molecular formula is C12H18N2O2. The maximum Gasteiger partial charge on any atom is 0.310 e. The van der Waals surface area contributed by atoms with Crippen molar-refractivity contribution in [2.24, 2.45) is 5.41 Å². The first-order valence-corrected chi connectivity index (χ1v) is 5.30. The van der Waals surface area contributed by atoms with Crippen molar-refractivity contribution in [3.8, 4) is 0 Å². The molecule has 0 amide bonds. The van der Waals surface area contributed by atoms with Gasteiger partial charge in [-0.3, -0.25) is 9.78 Å². The van der Waals surface area contributed by atoms with Crippen molar-refractivity contribution >= 4 is 5.97 Å². The second-order valence-electron chi connectivity index (χ2n) is 4.57. The van der Waals surface area contributed by atoms with Gasteiger partial charge in [0.25, 0.3) is 0 Å². The molecule has 4 heteroatoms. The van der Waals surface area contributed by atoms with Crippen LogP contribution in [-0.4, -0.2) is 22.6 Å². The van der Waals surface area contributed by atoms with E-state index >= 15 is 0 Å². The predicted molar refractivity (Wildman–Crippen MR) is 62.1 cm³/mol. The molecule has 0 aromatic carbocycles. The van der Waals surface area contributed by atoms with Crippen molar-refractivity contribution in [1.29, 1.82) is 0 Å². The maximum absolute atomic E-state index is 10.9. The molecule has 0 aliphatic carbocycles. The van der Waals surface area contributed by atoms with Crippen molar-refractivity contribution in [2.75, 3.05) is 6.54 Å². The third kappa shape index (κ3) is 3.31. The highest BCUT2D eigenvalue weighted by atomic mass is 16.4. The van der Waals surface area contributed by atoms with Crippen LogP contribution in [0.3, 0.4) is 0 Å². The number of hydrogen-bond acceptors (Lipinski definition) is 3. The Balaban J connectivity index is 2.54. The number of carbonyl (C=O) groups is 1. The van der Waals surface area contributed by atoms with Gasteiger partial charge in [0.15, 0.2) is 0 Å². The SMILES string of the molecule is C[C@H](NCC(C)(C)C(=O)O)c1ccncc1. The van der Waals surface area contributed by atoms with Crippen LogP contribution >= 0.6 is 0 Å².